The number of ether oxygens (including phenoxy) is 1. The lowest BCUT2D eigenvalue weighted by molar-refractivity contribution is 0.340. The lowest BCUT2D eigenvalue weighted by Crippen LogP contribution is -1.92. The topological polar surface area (TPSA) is 9.23 Å². The summed E-state index contributed by atoms with van der Waals surface area (Å²) in [7, 11) is -0.264. The highest BCUT2D eigenvalue weighted by atomic mass is 28.3. The van der Waals surface area contributed by atoms with E-state index < -0.39 is 0 Å². The fourth-order valence-corrected chi connectivity index (χ4v) is 1.63. The second-order valence-electron chi connectivity index (χ2n) is 3.41. The number of hydrogen-bond acceptors (Lipinski definition) is 1. The second kappa shape index (κ2) is 5.65. The Bertz CT molecular complexity index is 288. The molecule has 0 amide bonds. The maximum atomic E-state index is 5.37. The summed E-state index contributed by atoms with van der Waals surface area (Å²) in [5.74, 6) is 0.947. The molecule has 1 nitrogen and oxygen atoms in total. The molecule has 0 heterocycles. The minimum atomic E-state index is -0.264. The van der Waals surface area contributed by atoms with Crippen LogP contribution in [0.15, 0.2) is 30.0 Å². The van der Waals surface area contributed by atoms with Crippen LogP contribution in [-0.2, 0) is 0 Å². The third kappa shape index (κ3) is 3.79. The predicted octanol–water partition coefficient (Wildman–Crippen LogP) is 3.39. The molecule has 0 aromatic heterocycles. The SMILES string of the molecule is CCOc1ccc(C=C[Si](C)C)cc1. The molecule has 14 heavy (non-hydrogen) atoms. The zero-order valence-electron chi connectivity index (χ0n) is 9.08. The van der Waals surface area contributed by atoms with E-state index in [4.69, 9.17) is 4.74 Å². The Hall–Kier alpha value is -1.02. The first kappa shape index (κ1) is 11.1. The van der Waals surface area contributed by atoms with Gasteiger partial charge in [-0.25, -0.2) is 0 Å². The van der Waals surface area contributed by atoms with Gasteiger partial charge in [0.1, 0.15) is 5.75 Å². The van der Waals surface area contributed by atoms with Crippen molar-refractivity contribution in [2.24, 2.45) is 0 Å². The summed E-state index contributed by atoms with van der Waals surface area (Å²) >= 11 is 0. The van der Waals surface area contributed by atoms with Crippen LogP contribution in [0.4, 0.5) is 0 Å². The fraction of sp³-hybridized carbons (Fsp3) is 0.333. The van der Waals surface area contributed by atoms with Crippen LogP contribution in [0.2, 0.25) is 13.1 Å². The summed E-state index contributed by atoms with van der Waals surface area (Å²) in [6.45, 7) is 7.27. The van der Waals surface area contributed by atoms with Crippen LogP contribution in [-0.4, -0.2) is 15.4 Å². The molecule has 0 saturated carbocycles. The Kier molecular flexibility index (Phi) is 4.46. The van der Waals surface area contributed by atoms with Crippen molar-refractivity contribution in [3.05, 3.63) is 35.5 Å². The van der Waals surface area contributed by atoms with Gasteiger partial charge in [-0.1, -0.05) is 37.0 Å². The van der Waals surface area contributed by atoms with Gasteiger partial charge in [-0.05, 0) is 24.6 Å². The average Bonchev–Trinajstić information content (AvgIpc) is 2.17. The van der Waals surface area contributed by atoms with E-state index in [-0.39, 0.29) is 8.80 Å². The van der Waals surface area contributed by atoms with Crippen LogP contribution in [0, 0.1) is 0 Å². The number of rotatable bonds is 4. The first-order valence-corrected chi connectivity index (χ1v) is 7.51. The van der Waals surface area contributed by atoms with E-state index in [1.165, 1.54) is 5.56 Å². The highest BCUT2D eigenvalue weighted by molar-refractivity contribution is 6.62. The van der Waals surface area contributed by atoms with E-state index in [0.717, 1.165) is 12.4 Å². The molecule has 0 atom stereocenters. The standard InChI is InChI=1S/C12H17OSi/c1-4-13-12-7-5-11(6-8-12)9-10-14(2)3/h5-10H,4H2,1-3H3. The lowest BCUT2D eigenvalue weighted by atomic mass is 10.2. The largest absolute Gasteiger partial charge is 0.494 e. The molecule has 0 saturated heterocycles. The normalized spacial score (nSPS) is 11.1. The highest BCUT2D eigenvalue weighted by Gasteiger charge is 1.92. The molecule has 0 unspecified atom stereocenters. The van der Waals surface area contributed by atoms with Crippen molar-refractivity contribution in [3.63, 3.8) is 0 Å². The molecule has 2 heteroatoms. The molecular weight excluding hydrogens is 188 g/mol. The van der Waals surface area contributed by atoms with E-state index in [2.05, 4.69) is 37.0 Å². The summed E-state index contributed by atoms with van der Waals surface area (Å²) in [5.41, 5.74) is 3.54. The molecule has 0 spiro atoms. The summed E-state index contributed by atoms with van der Waals surface area (Å²) in [6.07, 6.45) is 2.18. The first-order valence-electron chi connectivity index (χ1n) is 4.93. The van der Waals surface area contributed by atoms with Gasteiger partial charge in [0.05, 0.1) is 15.4 Å². The molecule has 75 valence electrons. The molecule has 0 aliphatic rings. The van der Waals surface area contributed by atoms with Crippen LogP contribution in [0.3, 0.4) is 0 Å². The van der Waals surface area contributed by atoms with Gasteiger partial charge in [0.2, 0.25) is 0 Å². The Morgan fingerprint density at radius 2 is 1.86 bits per heavy atom. The molecule has 0 fully saturated rings. The molecule has 1 rings (SSSR count). The van der Waals surface area contributed by atoms with Crippen LogP contribution in [0.1, 0.15) is 12.5 Å². The van der Waals surface area contributed by atoms with Crippen LogP contribution < -0.4 is 4.74 Å². The van der Waals surface area contributed by atoms with E-state index in [9.17, 15) is 0 Å². The van der Waals surface area contributed by atoms with Gasteiger partial charge in [-0.15, -0.1) is 0 Å². The van der Waals surface area contributed by atoms with Crippen molar-refractivity contribution in [3.8, 4) is 5.75 Å². The summed E-state index contributed by atoms with van der Waals surface area (Å²) in [5, 5.41) is 0. The lowest BCUT2D eigenvalue weighted by Gasteiger charge is -2.02. The third-order valence-corrected chi connectivity index (χ3v) is 2.63. The van der Waals surface area contributed by atoms with Crippen LogP contribution in [0.25, 0.3) is 6.08 Å². The quantitative estimate of drug-likeness (QED) is 0.685. The van der Waals surface area contributed by atoms with Crippen LogP contribution in [0.5, 0.6) is 5.75 Å². The van der Waals surface area contributed by atoms with Crippen LogP contribution >= 0.6 is 0 Å². The molecule has 0 aliphatic carbocycles. The average molecular weight is 205 g/mol. The molecule has 1 radical (unpaired) electrons. The van der Waals surface area contributed by atoms with Crippen molar-refractivity contribution in [2.75, 3.05) is 6.61 Å². The fourth-order valence-electron chi connectivity index (χ4n) is 1.10. The van der Waals surface area contributed by atoms with E-state index in [1.54, 1.807) is 0 Å². The molecule has 0 bridgehead atoms. The molecular formula is C12H17OSi. The zero-order valence-corrected chi connectivity index (χ0v) is 10.1. The minimum Gasteiger partial charge on any atom is -0.494 e. The number of benzene rings is 1. The third-order valence-electron chi connectivity index (χ3n) is 1.80. The zero-order chi connectivity index (χ0) is 10.4. The van der Waals surface area contributed by atoms with E-state index >= 15 is 0 Å². The highest BCUT2D eigenvalue weighted by Crippen LogP contribution is 2.13. The van der Waals surface area contributed by atoms with Crippen molar-refractivity contribution in [2.45, 2.75) is 20.0 Å². The minimum absolute atomic E-state index is 0.264. The summed E-state index contributed by atoms with van der Waals surface area (Å²) < 4.78 is 5.37. The maximum absolute atomic E-state index is 5.37. The summed E-state index contributed by atoms with van der Waals surface area (Å²) in [4.78, 5) is 0. The Balaban J connectivity index is 2.64. The smallest absolute Gasteiger partial charge is 0.119 e. The monoisotopic (exact) mass is 205 g/mol. The molecule has 1 aromatic rings. The predicted molar refractivity (Wildman–Crippen MR) is 64.1 cm³/mol. The van der Waals surface area contributed by atoms with E-state index in [1.807, 2.05) is 19.1 Å². The van der Waals surface area contributed by atoms with Crippen molar-refractivity contribution >= 4 is 14.9 Å². The van der Waals surface area contributed by atoms with Gasteiger partial charge >= 0.3 is 0 Å². The van der Waals surface area contributed by atoms with E-state index in [0.29, 0.717) is 0 Å². The Labute approximate surface area is 88.0 Å². The Morgan fingerprint density at radius 1 is 1.21 bits per heavy atom. The van der Waals surface area contributed by atoms with Gasteiger partial charge in [0.25, 0.3) is 0 Å². The molecule has 1 aromatic carbocycles. The number of hydrogen-bond donors (Lipinski definition) is 0. The first-order chi connectivity index (χ1) is 6.72. The van der Waals surface area contributed by atoms with Crippen molar-refractivity contribution in [1.29, 1.82) is 0 Å². The summed E-state index contributed by atoms with van der Waals surface area (Å²) in [6, 6.07) is 8.21. The molecule has 0 aliphatic heterocycles. The van der Waals surface area contributed by atoms with Gasteiger partial charge in [-0.2, -0.15) is 0 Å². The van der Waals surface area contributed by atoms with Crippen molar-refractivity contribution < 1.29 is 4.74 Å². The van der Waals surface area contributed by atoms with Gasteiger partial charge in [0, 0.05) is 0 Å². The van der Waals surface area contributed by atoms with Gasteiger partial charge in [0.15, 0.2) is 0 Å². The maximum Gasteiger partial charge on any atom is 0.119 e. The van der Waals surface area contributed by atoms with Gasteiger partial charge < -0.3 is 4.74 Å². The molecule has 0 N–H and O–H groups in total. The van der Waals surface area contributed by atoms with Gasteiger partial charge in [-0.3, -0.25) is 0 Å². The Morgan fingerprint density at radius 3 is 2.36 bits per heavy atom. The second-order valence-corrected chi connectivity index (χ2v) is 5.90. The van der Waals surface area contributed by atoms with Crippen molar-refractivity contribution in [1.82, 2.24) is 0 Å².